The van der Waals surface area contributed by atoms with Gasteiger partial charge in [-0.25, -0.2) is 5.10 Å². The van der Waals surface area contributed by atoms with Gasteiger partial charge < -0.3 is 14.2 Å². The Bertz CT molecular complexity index is 960. The molecular formula is C31H48N4O4. The molecule has 7 atom stereocenters. The lowest BCUT2D eigenvalue weighted by atomic mass is 9.90. The van der Waals surface area contributed by atoms with E-state index in [-0.39, 0.29) is 42.7 Å². The molecule has 0 aliphatic carbocycles. The maximum atomic E-state index is 13.1. The van der Waals surface area contributed by atoms with E-state index in [0.717, 1.165) is 76.5 Å². The molecule has 0 amide bonds. The van der Waals surface area contributed by atoms with E-state index in [1.165, 1.54) is 12.0 Å². The highest BCUT2D eigenvalue weighted by Gasteiger charge is 2.32. The van der Waals surface area contributed by atoms with Crippen molar-refractivity contribution in [2.45, 2.75) is 135 Å². The normalized spacial score (nSPS) is 34.7. The van der Waals surface area contributed by atoms with Crippen molar-refractivity contribution in [3.8, 4) is 0 Å². The molecule has 3 aliphatic heterocycles. The van der Waals surface area contributed by atoms with Gasteiger partial charge in [0, 0.05) is 18.8 Å². The third-order valence-corrected chi connectivity index (χ3v) is 8.29. The summed E-state index contributed by atoms with van der Waals surface area (Å²) in [4.78, 5) is 13.1. The molecular weight excluding hydrogens is 492 g/mol. The summed E-state index contributed by atoms with van der Waals surface area (Å²) in [5, 5.41) is 14.0. The van der Waals surface area contributed by atoms with E-state index < -0.39 is 0 Å². The SMILES string of the molecule is C/C=C1\CC2CC(=O)OC(/C=C/CCCCCc3nnn[nH]3)C(C)/C=C/C(C)CC3CCCC(CC(C1)O2)O3. The molecule has 0 saturated carbocycles. The number of carbonyl (C=O) groups is 1. The quantitative estimate of drug-likeness (QED) is 0.249. The number of H-pyrrole nitrogens is 1. The van der Waals surface area contributed by atoms with Gasteiger partial charge >= 0.3 is 5.97 Å². The molecule has 1 aromatic rings. The third kappa shape index (κ3) is 9.98. The van der Waals surface area contributed by atoms with Crippen LogP contribution in [0.25, 0.3) is 0 Å². The van der Waals surface area contributed by atoms with E-state index in [1.807, 2.05) is 0 Å². The molecule has 8 heteroatoms. The average Bonchev–Trinajstić information content (AvgIpc) is 3.43. The van der Waals surface area contributed by atoms with E-state index in [9.17, 15) is 4.79 Å². The van der Waals surface area contributed by atoms with Gasteiger partial charge in [0.2, 0.25) is 0 Å². The van der Waals surface area contributed by atoms with Gasteiger partial charge in [-0.2, -0.15) is 0 Å². The third-order valence-electron chi connectivity index (χ3n) is 8.29. The largest absolute Gasteiger partial charge is 0.457 e. The Labute approximate surface area is 234 Å². The zero-order valence-corrected chi connectivity index (χ0v) is 24.1. The van der Waals surface area contributed by atoms with Crippen LogP contribution in [-0.2, 0) is 25.4 Å². The first kappa shape index (κ1) is 29.7. The Kier molecular flexibility index (Phi) is 11.8. The number of unbranched alkanes of at least 4 members (excludes halogenated alkanes) is 3. The number of tetrazole rings is 1. The van der Waals surface area contributed by atoms with Crippen LogP contribution in [0.2, 0.25) is 0 Å². The second-order valence-electron chi connectivity index (χ2n) is 11.8. The fourth-order valence-electron chi connectivity index (χ4n) is 6.07. The van der Waals surface area contributed by atoms with Gasteiger partial charge in [0.15, 0.2) is 0 Å². The number of hydrogen-bond acceptors (Lipinski definition) is 7. The van der Waals surface area contributed by atoms with Crippen molar-refractivity contribution in [2.24, 2.45) is 11.8 Å². The first-order valence-electron chi connectivity index (χ1n) is 15.2. The number of carbonyl (C=O) groups excluding carboxylic acids is 1. The minimum Gasteiger partial charge on any atom is -0.457 e. The highest BCUT2D eigenvalue weighted by atomic mass is 16.5. The Morgan fingerprint density at radius 3 is 2.56 bits per heavy atom. The van der Waals surface area contributed by atoms with Crippen LogP contribution in [0.15, 0.2) is 36.0 Å². The van der Waals surface area contributed by atoms with Gasteiger partial charge in [-0.1, -0.05) is 50.1 Å². The van der Waals surface area contributed by atoms with Gasteiger partial charge in [0.25, 0.3) is 0 Å². The summed E-state index contributed by atoms with van der Waals surface area (Å²) in [5.74, 6) is 1.16. The van der Waals surface area contributed by atoms with E-state index in [4.69, 9.17) is 14.2 Å². The zero-order chi connectivity index (χ0) is 27.5. The molecule has 216 valence electrons. The number of aromatic nitrogens is 4. The van der Waals surface area contributed by atoms with Crippen LogP contribution in [0.4, 0.5) is 0 Å². The number of fused-ring (bicyclic) bond motifs is 4. The van der Waals surface area contributed by atoms with Crippen molar-refractivity contribution < 1.29 is 19.0 Å². The standard InChI is InChI=1S/C31H48N4O4/c1-4-24-18-27-20-26-12-10-11-25(37-26)17-22(2)15-16-23(3)29(39-31(36)21-28(19-24)38-27)13-8-6-5-7-9-14-30-32-34-35-33-30/h4,8,13,15-16,22-23,25-29H,5-7,9-12,14,17-21H2,1-3H3,(H,32,33,34,35)/b13-8+,16-15+,24-4-. The van der Waals surface area contributed by atoms with Gasteiger partial charge in [-0.15, -0.1) is 5.10 Å². The van der Waals surface area contributed by atoms with E-state index in [0.29, 0.717) is 12.0 Å². The second-order valence-corrected chi connectivity index (χ2v) is 11.8. The van der Waals surface area contributed by atoms with Crippen molar-refractivity contribution >= 4 is 5.97 Å². The van der Waals surface area contributed by atoms with E-state index in [2.05, 4.69) is 71.8 Å². The first-order valence-corrected chi connectivity index (χ1v) is 15.2. The molecule has 8 nitrogen and oxygen atoms in total. The Balaban J connectivity index is 1.38. The van der Waals surface area contributed by atoms with Crippen molar-refractivity contribution in [1.29, 1.82) is 0 Å². The summed E-state index contributed by atoms with van der Waals surface area (Å²) in [6.07, 6.45) is 23.6. The molecule has 0 aromatic carbocycles. The Morgan fingerprint density at radius 2 is 1.77 bits per heavy atom. The lowest BCUT2D eigenvalue weighted by Gasteiger charge is -2.37. The highest BCUT2D eigenvalue weighted by Crippen LogP contribution is 2.33. The minimum absolute atomic E-state index is 0.0886. The smallest absolute Gasteiger partial charge is 0.309 e. The van der Waals surface area contributed by atoms with Crippen LogP contribution in [0.1, 0.15) is 104 Å². The molecule has 3 aliphatic rings. The number of allylic oxidation sites excluding steroid dienone is 3. The van der Waals surface area contributed by atoms with Crippen LogP contribution in [-0.4, -0.2) is 57.1 Å². The number of nitrogens with zero attached hydrogens (tertiary/aromatic N) is 3. The average molecular weight is 541 g/mol. The summed E-state index contributed by atoms with van der Waals surface area (Å²) >= 11 is 0. The van der Waals surface area contributed by atoms with E-state index in [1.54, 1.807) is 0 Å². The van der Waals surface area contributed by atoms with Crippen molar-refractivity contribution in [3.63, 3.8) is 0 Å². The lowest BCUT2D eigenvalue weighted by molar-refractivity contribution is -0.154. The maximum absolute atomic E-state index is 13.1. The van der Waals surface area contributed by atoms with Gasteiger partial charge in [0.05, 0.1) is 30.8 Å². The van der Waals surface area contributed by atoms with Crippen LogP contribution in [0.5, 0.6) is 0 Å². The predicted molar refractivity (Wildman–Crippen MR) is 151 cm³/mol. The summed E-state index contributed by atoms with van der Waals surface area (Å²) in [6.45, 7) is 6.49. The molecule has 2 fully saturated rings. The summed E-state index contributed by atoms with van der Waals surface area (Å²) in [5.41, 5.74) is 1.37. The molecule has 2 saturated heterocycles. The maximum Gasteiger partial charge on any atom is 0.309 e. The molecule has 4 bridgehead atoms. The molecule has 39 heavy (non-hydrogen) atoms. The fraction of sp³-hybridized carbons (Fsp3) is 0.742. The number of ether oxygens (including phenoxy) is 3. The molecule has 7 unspecified atom stereocenters. The van der Waals surface area contributed by atoms with Crippen LogP contribution in [0.3, 0.4) is 0 Å². The van der Waals surface area contributed by atoms with Crippen LogP contribution in [0, 0.1) is 11.8 Å². The lowest BCUT2D eigenvalue weighted by Crippen LogP contribution is -2.37. The van der Waals surface area contributed by atoms with Gasteiger partial charge in [0.1, 0.15) is 11.9 Å². The predicted octanol–water partition coefficient (Wildman–Crippen LogP) is 6.21. The first-order chi connectivity index (χ1) is 19.0. The number of aromatic amines is 1. The molecule has 1 aromatic heterocycles. The Hall–Kier alpha value is -2.32. The number of nitrogens with one attached hydrogen (secondary N) is 1. The number of aryl methyl sites for hydroxylation is 1. The Morgan fingerprint density at radius 1 is 0.974 bits per heavy atom. The second kappa shape index (κ2) is 15.5. The summed E-state index contributed by atoms with van der Waals surface area (Å²) < 4.78 is 19.1. The van der Waals surface area contributed by atoms with Crippen molar-refractivity contribution in [1.82, 2.24) is 20.6 Å². The topological polar surface area (TPSA) is 99.2 Å². The van der Waals surface area contributed by atoms with E-state index >= 15 is 0 Å². The molecule has 4 heterocycles. The molecule has 4 rings (SSSR count). The molecule has 0 radical (unpaired) electrons. The van der Waals surface area contributed by atoms with Crippen LogP contribution < -0.4 is 0 Å². The monoisotopic (exact) mass is 540 g/mol. The summed E-state index contributed by atoms with van der Waals surface area (Å²) in [7, 11) is 0. The van der Waals surface area contributed by atoms with Gasteiger partial charge in [-0.05, 0) is 87.1 Å². The fourth-order valence-corrected chi connectivity index (χ4v) is 6.07. The molecule has 0 spiro atoms. The molecule has 1 N–H and O–H groups in total. The van der Waals surface area contributed by atoms with Crippen molar-refractivity contribution in [3.05, 3.63) is 41.8 Å². The van der Waals surface area contributed by atoms with Crippen molar-refractivity contribution in [2.75, 3.05) is 0 Å². The minimum atomic E-state index is -0.287. The number of cyclic esters (lactones) is 1. The van der Waals surface area contributed by atoms with Gasteiger partial charge in [-0.3, -0.25) is 4.79 Å². The number of hydrogen-bond donors (Lipinski definition) is 1. The zero-order valence-electron chi connectivity index (χ0n) is 24.1. The summed E-state index contributed by atoms with van der Waals surface area (Å²) in [6, 6.07) is 0. The highest BCUT2D eigenvalue weighted by molar-refractivity contribution is 5.70. The number of esters is 1. The van der Waals surface area contributed by atoms with Crippen LogP contribution >= 0.6 is 0 Å². The number of rotatable bonds is 7.